The van der Waals surface area contributed by atoms with E-state index in [1.165, 1.54) is 19.2 Å². The lowest BCUT2D eigenvalue weighted by Crippen LogP contribution is -2.15. The molecule has 8 heteroatoms. The molecule has 0 heterocycles. The van der Waals surface area contributed by atoms with Crippen molar-refractivity contribution in [3.8, 4) is 11.5 Å². The van der Waals surface area contributed by atoms with E-state index in [9.17, 15) is 18.3 Å². The van der Waals surface area contributed by atoms with Gasteiger partial charge in [-0.15, -0.1) is 0 Å². The molecule has 128 valence electrons. The van der Waals surface area contributed by atoms with Gasteiger partial charge < -0.3 is 14.6 Å². The molecule has 0 spiro atoms. The third-order valence-corrected chi connectivity index (χ3v) is 4.51. The minimum absolute atomic E-state index is 0.0798. The van der Waals surface area contributed by atoms with E-state index in [0.717, 1.165) is 6.07 Å². The van der Waals surface area contributed by atoms with Crippen LogP contribution in [0.5, 0.6) is 11.5 Å². The fourth-order valence-electron chi connectivity index (χ4n) is 2.06. The molecule has 7 nitrogen and oxygen atoms in total. The van der Waals surface area contributed by atoms with Crippen molar-refractivity contribution >= 4 is 21.7 Å². The van der Waals surface area contributed by atoms with Crippen LogP contribution >= 0.6 is 0 Å². The zero-order valence-corrected chi connectivity index (χ0v) is 14.0. The summed E-state index contributed by atoms with van der Waals surface area (Å²) in [5.74, 6) is -0.815. The number of nitrogens with one attached hydrogen (secondary N) is 1. The second-order valence-corrected chi connectivity index (χ2v) is 6.38. The molecule has 0 saturated heterocycles. The van der Waals surface area contributed by atoms with Gasteiger partial charge >= 0.3 is 5.97 Å². The molecule has 0 radical (unpaired) electrons. The molecule has 2 aromatic carbocycles. The lowest BCUT2D eigenvalue weighted by atomic mass is 10.2. The Morgan fingerprint density at radius 3 is 2.50 bits per heavy atom. The molecule has 0 aliphatic carbocycles. The van der Waals surface area contributed by atoms with Gasteiger partial charge in [-0.3, -0.25) is 4.72 Å². The first-order valence-electron chi connectivity index (χ1n) is 7.05. The van der Waals surface area contributed by atoms with Crippen LogP contribution in [0.4, 0.5) is 5.69 Å². The summed E-state index contributed by atoms with van der Waals surface area (Å²) in [5, 5.41) is 9.18. The van der Waals surface area contributed by atoms with Gasteiger partial charge in [0.15, 0.2) is 0 Å². The summed E-state index contributed by atoms with van der Waals surface area (Å²) in [5.41, 5.74) is 0.0329. The molecule has 0 saturated carbocycles. The maximum atomic E-state index is 12.5. The zero-order valence-electron chi connectivity index (χ0n) is 13.1. The van der Waals surface area contributed by atoms with Gasteiger partial charge in [0.2, 0.25) is 0 Å². The Labute approximate surface area is 139 Å². The minimum Gasteiger partial charge on any atom is -0.496 e. The number of carbonyl (C=O) groups is 1. The Balaban J connectivity index is 2.41. The Morgan fingerprint density at radius 2 is 1.88 bits per heavy atom. The second kappa shape index (κ2) is 7.22. The van der Waals surface area contributed by atoms with Gasteiger partial charge in [0.25, 0.3) is 10.0 Å². The van der Waals surface area contributed by atoms with Crippen LogP contribution < -0.4 is 14.2 Å². The van der Waals surface area contributed by atoms with Crippen LogP contribution in [0.2, 0.25) is 0 Å². The number of para-hydroxylation sites is 2. The van der Waals surface area contributed by atoms with Gasteiger partial charge in [-0.1, -0.05) is 12.1 Å². The number of carboxylic acid groups (broad SMARTS) is 1. The highest BCUT2D eigenvalue weighted by molar-refractivity contribution is 7.92. The van der Waals surface area contributed by atoms with Crippen LogP contribution in [0.25, 0.3) is 0 Å². The van der Waals surface area contributed by atoms with Crippen LogP contribution in [-0.2, 0) is 10.0 Å². The summed E-state index contributed by atoms with van der Waals surface area (Å²) in [6, 6.07) is 10.2. The molecule has 2 N–H and O–H groups in total. The fourth-order valence-corrected chi connectivity index (χ4v) is 3.15. The van der Waals surface area contributed by atoms with E-state index in [0.29, 0.717) is 12.4 Å². The van der Waals surface area contributed by atoms with Crippen LogP contribution in [0.1, 0.15) is 17.3 Å². The van der Waals surface area contributed by atoms with Crippen molar-refractivity contribution in [2.24, 2.45) is 0 Å². The van der Waals surface area contributed by atoms with Gasteiger partial charge in [0.1, 0.15) is 17.1 Å². The van der Waals surface area contributed by atoms with Crippen molar-refractivity contribution in [3.05, 3.63) is 48.0 Å². The van der Waals surface area contributed by atoms with Crippen molar-refractivity contribution < 1.29 is 27.8 Å². The van der Waals surface area contributed by atoms with E-state index in [-0.39, 0.29) is 21.9 Å². The van der Waals surface area contributed by atoms with Gasteiger partial charge in [-0.25, -0.2) is 13.2 Å². The summed E-state index contributed by atoms with van der Waals surface area (Å²) in [4.78, 5) is 11.1. The molecule has 0 bridgehead atoms. The highest BCUT2D eigenvalue weighted by Crippen LogP contribution is 2.28. The normalized spacial score (nSPS) is 10.9. The summed E-state index contributed by atoms with van der Waals surface area (Å²) < 4.78 is 37.8. The average Bonchev–Trinajstić information content (AvgIpc) is 2.56. The average molecular weight is 351 g/mol. The van der Waals surface area contributed by atoms with Crippen molar-refractivity contribution in [2.45, 2.75) is 11.8 Å². The largest absolute Gasteiger partial charge is 0.496 e. The number of anilines is 1. The molecule has 2 aromatic rings. The number of hydrogen-bond donors (Lipinski definition) is 2. The number of sulfonamides is 1. The molecular weight excluding hydrogens is 334 g/mol. The molecule has 0 aliphatic heterocycles. The number of carboxylic acids is 1. The number of ether oxygens (including phenoxy) is 2. The van der Waals surface area contributed by atoms with Gasteiger partial charge in [-0.05, 0) is 37.3 Å². The van der Waals surface area contributed by atoms with E-state index >= 15 is 0 Å². The minimum atomic E-state index is -3.98. The lowest BCUT2D eigenvalue weighted by molar-refractivity contribution is 0.0693. The van der Waals surface area contributed by atoms with E-state index in [2.05, 4.69) is 4.72 Å². The lowest BCUT2D eigenvalue weighted by Gasteiger charge is -2.13. The molecular formula is C16H17NO6S. The number of benzene rings is 2. The van der Waals surface area contributed by atoms with Crippen LogP contribution in [0, 0.1) is 0 Å². The second-order valence-electron chi connectivity index (χ2n) is 4.70. The smallest absolute Gasteiger partial charge is 0.339 e. The third kappa shape index (κ3) is 3.77. The maximum Gasteiger partial charge on any atom is 0.339 e. The first-order chi connectivity index (χ1) is 11.4. The fraction of sp³-hybridized carbons (Fsp3) is 0.188. The number of methoxy groups -OCH3 is 1. The summed E-state index contributed by atoms with van der Waals surface area (Å²) >= 11 is 0. The highest BCUT2D eigenvalue weighted by atomic mass is 32.2. The molecule has 24 heavy (non-hydrogen) atoms. The Hall–Kier alpha value is -2.74. The Bertz CT molecular complexity index is 847. The molecule has 2 rings (SSSR count). The third-order valence-electron chi connectivity index (χ3n) is 3.14. The quantitative estimate of drug-likeness (QED) is 0.795. The van der Waals surface area contributed by atoms with Crippen LogP contribution in [0.3, 0.4) is 0 Å². The molecule has 0 atom stereocenters. The van der Waals surface area contributed by atoms with Crippen molar-refractivity contribution in [2.75, 3.05) is 18.4 Å². The van der Waals surface area contributed by atoms with E-state index in [1.54, 1.807) is 31.2 Å². The molecule has 0 aromatic heterocycles. The Morgan fingerprint density at radius 1 is 1.17 bits per heavy atom. The topological polar surface area (TPSA) is 102 Å². The number of hydrogen-bond acceptors (Lipinski definition) is 5. The summed E-state index contributed by atoms with van der Waals surface area (Å²) in [6.07, 6.45) is 0. The molecule has 0 amide bonds. The first kappa shape index (κ1) is 17.6. The van der Waals surface area contributed by atoms with Crippen LogP contribution in [0.15, 0.2) is 47.4 Å². The monoisotopic (exact) mass is 351 g/mol. The van der Waals surface area contributed by atoms with Crippen molar-refractivity contribution in [1.82, 2.24) is 0 Å². The maximum absolute atomic E-state index is 12.5. The van der Waals surface area contributed by atoms with E-state index < -0.39 is 16.0 Å². The zero-order chi connectivity index (χ0) is 17.7. The van der Waals surface area contributed by atoms with Crippen molar-refractivity contribution in [3.63, 3.8) is 0 Å². The summed E-state index contributed by atoms with van der Waals surface area (Å²) in [6.45, 7) is 2.17. The predicted octanol–water partition coefficient (Wildman–Crippen LogP) is 2.59. The standard InChI is InChI=1S/C16H17NO6S/c1-3-23-15-7-5-4-6-13(15)17-24(20,21)11-8-9-14(22-2)12(10-11)16(18)19/h4-10,17H,3H2,1-2H3,(H,18,19). The molecule has 0 unspecified atom stereocenters. The van der Waals surface area contributed by atoms with Crippen LogP contribution in [-0.4, -0.2) is 33.2 Å². The molecule has 0 fully saturated rings. The van der Waals surface area contributed by atoms with Gasteiger partial charge in [0, 0.05) is 0 Å². The van der Waals surface area contributed by atoms with Gasteiger partial charge in [-0.2, -0.15) is 0 Å². The van der Waals surface area contributed by atoms with Gasteiger partial charge in [0.05, 0.1) is 24.3 Å². The molecule has 0 aliphatic rings. The summed E-state index contributed by atoms with van der Waals surface area (Å²) in [7, 11) is -2.67. The predicted molar refractivity (Wildman–Crippen MR) is 88.4 cm³/mol. The Kier molecular flexibility index (Phi) is 5.30. The van der Waals surface area contributed by atoms with E-state index in [4.69, 9.17) is 9.47 Å². The highest BCUT2D eigenvalue weighted by Gasteiger charge is 2.20. The number of rotatable bonds is 7. The SMILES string of the molecule is CCOc1ccccc1NS(=O)(=O)c1ccc(OC)c(C(=O)O)c1. The van der Waals surface area contributed by atoms with E-state index in [1.807, 2.05) is 0 Å². The first-order valence-corrected chi connectivity index (χ1v) is 8.53. The van der Waals surface area contributed by atoms with Crippen molar-refractivity contribution in [1.29, 1.82) is 0 Å². The number of aromatic carboxylic acids is 1.